The maximum atomic E-state index is 5.72. The molecule has 1 aliphatic heterocycles. The van der Waals surface area contributed by atoms with E-state index in [0.29, 0.717) is 52.9 Å². The smallest absolute Gasteiger partial charge is 0.377 e. The number of hydrogen-bond acceptors (Lipinski definition) is 6. The highest BCUT2D eigenvalue weighted by atomic mass is 16.6. The summed E-state index contributed by atoms with van der Waals surface area (Å²) in [6.07, 6.45) is 4.04. The molecular formula is C22H29N4O4+. The van der Waals surface area contributed by atoms with Gasteiger partial charge in [0.25, 0.3) is 0 Å². The molecule has 160 valence electrons. The van der Waals surface area contributed by atoms with E-state index in [1.165, 1.54) is 0 Å². The Balaban J connectivity index is 1.41. The summed E-state index contributed by atoms with van der Waals surface area (Å²) in [7, 11) is 0. The molecule has 30 heavy (non-hydrogen) atoms. The lowest BCUT2D eigenvalue weighted by Crippen LogP contribution is -2.34. The highest BCUT2D eigenvalue weighted by Crippen LogP contribution is 2.13. The van der Waals surface area contributed by atoms with E-state index in [0.717, 1.165) is 35.8 Å². The quantitative estimate of drug-likeness (QED) is 0.645. The van der Waals surface area contributed by atoms with Gasteiger partial charge in [-0.15, -0.1) is 0 Å². The molecule has 4 rings (SSSR count). The first-order valence-corrected chi connectivity index (χ1v) is 10.4. The third kappa shape index (κ3) is 5.76. The Labute approximate surface area is 176 Å². The molecule has 1 saturated heterocycles. The average Bonchev–Trinajstić information content (AvgIpc) is 3.21. The summed E-state index contributed by atoms with van der Waals surface area (Å²) in [4.78, 5) is 10.3. The molecule has 1 N–H and O–H groups in total. The van der Waals surface area contributed by atoms with Crippen molar-refractivity contribution in [1.82, 2.24) is 9.97 Å². The number of fused-ring (bicyclic) bond motifs is 1. The van der Waals surface area contributed by atoms with Crippen LogP contribution in [0.5, 0.6) is 0 Å². The molecule has 0 saturated carbocycles. The summed E-state index contributed by atoms with van der Waals surface area (Å²) in [5.74, 6) is 0.798. The van der Waals surface area contributed by atoms with Gasteiger partial charge in [-0.05, 0) is 24.3 Å². The SMILES string of the molecule is c1ccc2[nH]c(-[n+]3ccc(N4CCOCCOCCOCCOCC4)cc3)nc2c1. The Morgan fingerprint density at radius 1 is 0.733 bits per heavy atom. The number of imidazole rings is 1. The van der Waals surface area contributed by atoms with Crippen molar-refractivity contribution in [3.05, 3.63) is 48.8 Å². The van der Waals surface area contributed by atoms with Gasteiger partial charge in [-0.1, -0.05) is 17.1 Å². The summed E-state index contributed by atoms with van der Waals surface area (Å²) in [6.45, 7) is 6.37. The number of nitrogens with zero attached hydrogens (tertiary/aromatic N) is 3. The van der Waals surface area contributed by atoms with Crippen LogP contribution in [0.2, 0.25) is 0 Å². The summed E-state index contributed by atoms with van der Waals surface area (Å²) in [6, 6.07) is 12.2. The summed E-state index contributed by atoms with van der Waals surface area (Å²) in [5.41, 5.74) is 3.10. The molecule has 3 heterocycles. The number of ether oxygens (including phenoxy) is 4. The summed E-state index contributed by atoms with van der Waals surface area (Å²) < 4.78 is 24.4. The van der Waals surface area contributed by atoms with Crippen LogP contribution in [0.4, 0.5) is 5.69 Å². The molecular weight excluding hydrogens is 384 g/mol. The predicted molar refractivity (Wildman–Crippen MR) is 113 cm³/mol. The Morgan fingerprint density at radius 2 is 1.30 bits per heavy atom. The number of aromatic amines is 1. The van der Waals surface area contributed by atoms with E-state index in [1.54, 1.807) is 0 Å². The molecule has 3 aromatic rings. The van der Waals surface area contributed by atoms with Crippen molar-refractivity contribution in [3.8, 4) is 5.95 Å². The average molecular weight is 413 g/mol. The van der Waals surface area contributed by atoms with Gasteiger partial charge in [-0.2, -0.15) is 0 Å². The Kier molecular flexibility index (Phi) is 7.63. The molecule has 1 fully saturated rings. The summed E-state index contributed by atoms with van der Waals surface area (Å²) in [5, 5.41) is 0. The monoisotopic (exact) mass is 413 g/mol. The van der Waals surface area contributed by atoms with Crippen LogP contribution >= 0.6 is 0 Å². The zero-order valence-electron chi connectivity index (χ0n) is 17.2. The van der Waals surface area contributed by atoms with Crippen molar-refractivity contribution in [1.29, 1.82) is 0 Å². The van der Waals surface area contributed by atoms with Gasteiger partial charge in [-0.3, -0.25) is 0 Å². The topological polar surface area (TPSA) is 72.7 Å². The lowest BCUT2D eigenvalue weighted by Gasteiger charge is -2.24. The number of hydrogen-bond donors (Lipinski definition) is 1. The van der Waals surface area contributed by atoms with Crippen molar-refractivity contribution in [2.24, 2.45) is 0 Å². The highest BCUT2D eigenvalue weighted by Gasteiger charge is 2.14. The molecule has 8 heteroatoms. The third-order valence-electron chi connectivity index (χ3n) is 4.93. The van der Waals surface area contributed by atoms with Crippen LogP contribution in [0, 0.1) is 0 Å². The second-order valence-electron chi connectivity index (χ2n) is 6.98. The van der Waals surface area contributed by atoms with Crippen LogP contribution in [0.25, 0.3) is 17.0 Å². The normalized spacial score (nSPS) is 18.1. The first kappa shape index (κ1) is 20.7. The van der Waals surface area contributed by atoms with Crippen molar-refractivity contribution in [3.63, 3.8) is 0 Å². The molecule has 0 atom stereocenters. The lowest BCUT2D eigenvalue weighted by atomic mass is 10.3. The van der Waals surface area contributed by atoms with Crippen molar-refractivity contribution < 1.29 is 23.5 Å². The second kappa shape index (κ2) is 11.0. The molecule has 0 bridgehead atoms. The number of para-hydroxylation sites is 2. The highest BCUT2D eigenvalue weighted by molar-refractivity contribution is 5.75. The number of aromatic nitrogens is 3. The molecule has 2 aromatic heterocycles. The largest absolute Gasteiger partial charge is 0.401 e. The van der Waals surface area contributed by atoms with Crippen molar-refractivity contribution >= 4 is 16.7 Å². The Morgan fingerprint density at radius 3 is 1.90 bits per heavy atom. The number of benzene rings is 1. The van der Waals surface area contributed by atoms with Crippen LogP contribution in [-0.4, -0.2) is 75.9 Å². The number of pyridine rings is 1. The number of nitrogens with one attached hydrogen (secondary N) is 1. The molecule has 0 radical (unpaired) electrons. The minimum Gasteiger partial charge on any atom is -0.377 e. The first-order valence-electron chi connectivity index (χ1n) is 10.4. The molecule has 1 aromatic carbocycles. The van der Waals surface area contributed by atoms with Gasteiger partial charge in [0.2, 0.25) is 0 Å². The van der Waals surface area contributed by atoms with E-state index in [1.807, 2.05) is 41.2 Å². The second-order valence-corrected chi connectivity index (χ2v) is 6.98. The third-order valence-corrected chi connectivity index (χ3v) is 4.93. The van der Waals surface area contributed by atoms with Gasteiger partial charge in [0.05, 0.1) is 65.2 Å². The van der Waals surface area contributed by atoms with E-state index < -0.39 is 0 Å². The zero-order valence-corrected chi connectivity index (χ0v) is 17.2. The number of rotatable bonds is 2. The molecule has 0 aliphatic carbocycles. The van der Waals surface area contributed by atoms with Gasteiger partial charge >= 0.3 is 5.95 Å². The maximum absolute atomic E-state index is 5.72. The van der Waals surface area contributed by atoms with E-state index in [-0.39, 0.29) is 0 Å². The van der Waals surface area contributed by atoms with E-state index in [9.17, 15) is 0 Å². The van der Waals surface area contributed by atoms with Gasteiger partial charge < -0.3 is 23.8 Å². The predicted octanol–water partition coefficient (Wildman–Crippen LogP) is 1.73. The Bertz CT molecular complexity index is 851. The molecule has 1 aliphatic rings. The molecule has 0 amide bonds. The summed E-state index contributed by atoms with van der Waals surface area (Å²) >= 11 is 0. The first-order chi connectivity index (χ1) is 14.9. The van der Waals surface area contributed by atoms with E-state index in [2.05, 4.69) is 27.0 Å². The Hall–Kier alpha value is -2.52. The van der Waals surface area contributed by atoms with Gasteiger partial charge in [-0.25, -0.2) is 9.55 Å². The van der Waals surface area contributed by atoms with Gasteiger partial charge in [0.1, 0.15) is 5.52 Å². The van der Waals surface area contributed by atoms with E-state index >= 15 is 0 Å². The van der Waals surface area contributed by atoms with Crippen LogP contribution in [0.1, 0.15) is 0 Å². The molecule has 0 unspecified atom stereocenters. The number of H-pyrrole nitrogens is 1. The van der Waals surface area contributed by atoms with E-state index in [4.69, 9.17) is 18.9 Å². The van der Waals surface area contributed by atoms with Crippen LogP contribution in [0.3, 0.4) is 0 Å². The lowest BCUT2D eigenvalue weighted by molar-refractivity contribution is -0.602. The van der Waals surface area contributed by atoms with Gasteiger partial charge in [0, 0.05) is 18.8 Å². The van der Waals surface area contributed by atoms with Crippen molar-refractivity contribution in [2.45, 2.75) is 0 Å². The maximum Gasteiger partial charge on any atom is 0.401 e. The fourth-order valence-electron chi connectivity index (χ4n) is 3.31. The van der Waals surface area contributed by atoms with Crippen LogP contribution < -0.4 is 9.47 Å². The fourth-order valence-corrected chi connectivity index (χ4v) is 3.31. The zero-order chi connectivity index (χ0) is 20.4. The molecule has 8 nitrogen and oxygen atoms in total. The fraction of sp³-hybridized carbons (Fsp3) is 0.455. The number of anilines is 1. The minimum atomic E-state index is 0.586. The van der Waals surface area contributed by atoms with Crippen molar-refractivity contribution in [2.75, 3.05) is 70.8 Å². The minimum absolute atomic E-state index is 0.586. The van der Waals surface area contributed by atoms with Crippen LogP contribution in [0.15, 0.2) is 48.8 Å². The van der Waals surface area contributed by atoms with Gasteiger partial charge in [0.15, 0.2) is 5.52 Å². The standard InChI is InChI=1S/C22H29N4O4/c1-2-4-21-20(3-1)23-22(24-21)26-7-5-19(6-8-26)25-9-11-27-13-15-29-17-18-30-16-14-28-12-10-25/h1-8H,9-18H2,(H,23,24)/q+1. The molecule has 0 spiro atoms. The van der Waals surface area contributed by atoms with Crippen LogP contribution in [-0.2, 0) is 18.9 Å².